The summed E-state index contributed by atoms with van der Waals surface area (Å²) in [5.41, 5.74) is 3.53. The van der Waals surface area contributed by atoms with Crippen molar-refractivity contribution in [3.63, 3.8) is 0 Å². The maximum Gasteiger partial charge on any atom is 0.291 e. The lowest BCUT2D eigenvalue weighted by molar-refractivity contribution is 0.0998. The molecule has 1 aromatic heterocycles. The molecular weight excluding hydrogens is 302 g/mol. The first-order chi connectivity index (χ1) is 11.6. The van der Waals surface area contributed by atoms with Gasteiger partial charge in [0.05, 0.1) is 6.61 Å². The molecule has 0 spiro atoms. The van der Waals surface area contributed by atoms with Gasteiger partial charge in [-0.05, 0) is 62.2 Å². The van der Waals surface area contributed by atoms with E-state index in [1.807, 2.05) is 50.2 Å². The Balaban J connectivity index is 1.84. The Kier molecular flexibility index (Phi) is 4.56. The summed E-state index contributed by atoms with van der Waals surface area (Å²) < 4.78 is 11.2. The molecule has 124 valence electrons. The van der Waals surface area contributed by atoms with Gasteiger partial charge < -0.3 is 14.5 Å². The SMILES string of the molecule is CCOc1ccc(NC(=O)c2oc3ccc(CC)cc3c2C)cc1. The van der Waals surface area contributed by atoms with E-state index >= 15 is 0 Å². The van der Waals surface area contributed by atoms with E-state index in [0.717, 1.165) is 28.7 Å². The average Bonchev–Trinajstić information content (AvgIpc) is 2.93. The lowest BCUT2D eigenvalue weighted by Gasteiger charge is -2.06. The number of hydrogen-bond acceptors (Lipinski definition) is 3. The summed E-state index contributed by atoms with van der Waals surface area (Å²) in [6, 6.07) is 13.3. The summed E-state index contributed by atoms with van der Waals surface area (Å²) in [6.45, 7) is 6.57. The van der Waals surface area contributed by atoms with Crippen molar-refractivity contribution in [2.75, 3.05) is 11.9 Å². The minimum Gasteiger partial charge on any atom is -0.494 e. The third-order valence-corrected chi connectivity index (χ3v) is 4.04. The van der Waals surface area contributed by atoms with Crippen molar-refractivity contribution in [3.05, 3.63) is 59.4 Å². The molecule has 0 bridgehead atoms. The molecule has 0 aliphatic rings. The van der Waals surface area contributed by atoms with Crippen molar-refractivity contribution in [3.8, 4) is 5.75 Å². The van der Waals surface area contributed by atoms with Crippen LogP contribution in [0.15, 0.2) is 46.9 Å². The zero-order chi connectivity index (χ0) is 17.1. The number of rotatable bonds is 5. The highest BCUT2D eigenvalue weighted by molar-refractivity contribution is 6.06. The van der Waals surface area contributed by atoms with Gasteiger partial charge in [0.15, 0.2) is 5.76 Å². The van der Waals surface area contributed by atoms with E-state index in [9.17, 15) is 4.79 Å². The van der Waals surface area contributed by atoms with Gasteiger partial charge in [-0.25, -0.2) is 0 Å². The fourth-order valence-electron chi connectivity index (χ4n) is 2.69. The molecule has 1 amide bonds. The van der Waals surface area contributed by atoms with Gasteiger partial charge in [-0.1, -0.05) is 13.0 Å². The number of carbonyl (C=O) groups excluding carboxylic acids is 1. The molecule has 1 N–H and O–H groups in total. The Morgan fingerprint density at radius 1 is 1.12 bits per heavy atom. The maximum atomic E-state index is 12.5. The van der Waals surface area contributed by atoms with Crippen LogP contribution in [0.2, 0.25) is 0 Å². The molecule has 0 radical (unpaired) electrons. The maximum absolute atomic E-state index is 12.5. The Bertz CT molecular complexity index is 862. The number of aryl methyl sites for hydroxylation is 2. The number of furan rings is 1. The quantitative estimate of drug-likeness (QED) is 0.722. The molecule has 3 aromatic rings. The van der Waals surface area contributed by atoms with E-state index in [1.54, 1.807) is 0 Å². The smallest absolute Gasteiger partial charge is 0.291 e. The van der Waals surface area contributed by atoms with E-state index < -0.39 is 0 Å². The van der Waals surface area contributed by atoms with E-state index in [-0.39, 0.29) is 5.91 Å². The van der Waals surface area contributed by atoms with Crippen LogP contribution in [0.5, 0.6) is 5.75 Å². The zero-order valence-corrected chi connectivity index (χ0v) is 14.2. The summed E-state index contributed by atoms with van der Waals surface area (Å²) in [5.74, 6) is 0.889. The number of amides is 1. The van der Waals surface area contributed by atoms with Gasteiger partial charge in [0.1, 0.15) is 11.3 Å². The molecule has 0 aliphatic heterocycles. The van der Waals surface area contributed by atoms with E-state index in [4.69, 9.17) is 9.15 Å². The largest absolute Gasteiger partial charge is 0.494 e. The molecule has 3 rings (SSSR count). The molecule has 0 saturated heterocycles. The predicted molar refractivity (Wildman–Crippen MR) is 95.9 cm³/mol. The van der Waals surface area contributed by atoms with Crippen molar-refractivity contribution in [1.29, 1.82) is 0 Å². The van der Waals surface area contributed by atoms with E-state index in [2.05, 4.69) is 18.3 Å². The van der Waals surface area contributed by atoms with Gasteiger partial charge >= 0.3 is 0 Å². The van der Waals surface area contributed by atoms with Crippen LogP contribution in [0.4, 0.5) is 5.69 Å². The van der Waals surface area contributed by atoms with Gasteiger partial charge in [-0.2, -0.15) is 0 Å². The van der Waals surface area contributed by atoms with Crippen molar-refractivity contribution in [1.82, 2.24) is 0 Å². The number of anilines is 1. The van der Waals surface area contributed by atoms with Crippen LogP contribution < -0.4 is 10.1 Å². The molecule has 0 unspecified atom stereocenters. The normalized spacial score (nSPS) is 10.8. The van der Waals surface area contributed by atoms with Crippen LogP contribution in [-0.4, -0.2) is 12.5 Å². The Morgan fingerprint density at radius 2 is 1.88 bits per heavy atom. The monoisotopic (exact) mass is 323 g/mol. The molecule has 0 saturated carbocycles. The van der Waals surface area contributed by atoms with Crippen LogP contribution in [0.3, 0.4) is 0 Å². The summed E-state index contributed by atoms with van der Waals surface area (Å²) in [7, 11) is 0. The molecule has 1 heterocycles. The minimum atomic E-state index is -0.245. The molecule has 4 heteroatoms. The van der Waals surface area contributed by atoms with Crippen molar-refractivity contribution >= 4 is 22.6 Å². The molecule has 2 aromatic carbocycles. The predicted octanol–water partition coefficient (Wildman–Crippen LogP) is 4.95. The lowest BCUT2D eigenvalue weighted by atomic mass is 10.1. The number of ether oxygens (including phenoxy) is 1. The fourth-order valence-corrected chi connectivity index (χ4v) is 2.69. The summed E-state index contributed by atoms with van der Waals surface area (Å²) in [5, 5.41) is 3.86. The van der Waals surface area contributed by atoms with Crippen molar-refractivity contribution in [2.45, 2.75) is 27.2 Å². The van der Waals surface area contributed by atoms with Crippen LogP contribution >= 0.6 is 0 Å². The Hall–Kier alpha value is -2.75. The van der Waals surface area contributed by atoms with E-state index in [1.165, 1.54) is 5.56 Å². The fraction of sp³-hybridized carbons (Fsp3) is 0.250. The zero-order valence-electron chi connectivity index (χ0n) is 14.2. The molecule has 0 aliphatic carbocycles. The van der Waals surface area contributed by atoms with Gasteiger partial charge in [0, 0.05) is 16.6 Å². The second-order valence-corrected chi connectivity index (χ2v) is 5.65. The van der Waals surface area contributed by atoms with Crippen LogP contribution in [0.25, 0.3) is 11.0 Å². The van der Waals surface area contributed by atoms with Crippen LogP contribution in [0, 0.1) is 6.92 Å². The van der Waals surface area contributed by atoms with Crippen molar-refractivity contribution < 1.29 is 13.9 Å². The number of benzene rings is 2. The van der Waals surface area contributed by atoms with Crippen molar-refractivity contribution in [2.24, 2.45) is 0 Å². The number of fused-ring (bicyclic) bond motifs is 1. The van der Waals surface area contributed by atoms with Gasteiger partial charge in [-0.15, -0.1) is 0 Å². The number of carbonyl (C=O) groups is 1. The van der Waals surface area contributed by atoms with Gasteiger partial charge in [0.2, 0.25) is 0 Å². The Morgan fingerprint density at radius 3 is 2.54 bits per heavy atom. The first-order valence-electron chi connectivity index (χ1n) is 8.18. The highest BCUT2D eigenvalue weighted by Crippen LogP contribution is 2.27. The summed E-state index contributed by atoms with van der Waals surface area (Å²) in [4.78, 5) is 12.5. The molecule has 0 atom stereocenters. The van der Waals surface area contributed by atoms with Gasteiger partial charge in [-0.3, -0.25) is 4.79 Å². The highest BCUT2D eigenvalue weighted by atomic mass is 16.5. The average molecular weight is 323 g/mol. The second-order valence-electron chi connectivity index (χ2n) is 5.65. The first-order valence-corrected chi connectivity index (χ1v) is 8.18. The van der Waals surface area contributed by atoms with Crippen LogP contribution in [-0.2, 0) is 6.42 Å². The van der Waals surface area contributed by atoms with Gasteiger partial charge in [0.25, 0.3) is 5.91 Å². The highest BCUT2D eigenvalue weighted by Gasteiger charge is 2.18. The second kappa shape index (κ2) is 6.79. The molecule has 4 nitrogen and oxygen atoms in total. The summed E-state index contributed by atoms with van der Waals surface area (Å²) in [6.07, 6.45) is 0.953. The molecular formula is C20H21NO3. The Labute approximate surface area is 141 Å². The molecule has 24 heavy (non-hydrogen) atoms. The third-order valence-electron chi connectivity index (χ3n) is 4.04. The first kappa shape index (κ1) is 16.1. The summed E-state index contributed by atoms with van der Waals surface area (Å²) >= 11 is 0. The molecule has 0 fully saturated rings. The standard InChI is InChI=1S/C20H21NO3/c1-4-14-6-11-18-17(12-14)13(3)19(24-18)20(22)21-15-7-9-16(10-8-15)23-5-2/h6-12H,4-5H2,1-3H3,(H,21,22). The lowest BCUT2D eigenvalue weighted by Crippen LogP contribution is -2.12. The number of hydrogen-bond donors (Lipinski definition) is 1. The van der Waals surface area contributed by atoms with E-state index in [0.29, 0.717) is 18.1 Å². The topological polar surface area (TPSA) is 51.5 Å². The minimum absolute atomic E-state index is 0.245. The number of nitrogens with one attached hydrogen (secondary N) is 1. The third kappa shape index (κ3) is 3.13. The van der Waals surface area contributed by atoms with Crippen LogP contribution in [0.1, 0.15) is 35.5 Å².